The van der Waals surface area contributed by atoms with Crippen molar-refractivity contribution in [1.82, 2.24) is 4.72 Å². The molecule has 0 aliphatic carbocycles. The van der Waals surface area contributed by atoms with Crippen molar-refractivity contribution < 1.29 is 13.2 Å². The smallest absolute Gasteiger partial charge is 0.250 e. The van der Waals surface area contributed by atoms with E-state index in [-0.39, 0.29) is 4.83 Å². The molecule has 0 aliphatic heterocycles. The Bertz CT molecular complexity index is 444. The molecule has 1 aromatic heterocycles. The third-order valence-corrected chi connectivity index (χ3v) is 5.75. The van der Waals surface area contributed by atoms with Crippen LogP contribution < -0.4 is 4.72 Å². The molecule has 1 aromatic rings. The van der Waals surface area contributed by atoms with Crippen molar-refractivity contribution in [2.45, 2.75) is 22.4 Å². The number of hydrogen-bond donors (Lipinski definition) is 1. The highest BCUT2D eigenvalue weighted by molar-refractivity contribution is 9.09. The van der Waals surface area contributed by atoms with E-state index in [9.17, 15) is 8.42 Å². The molecular formula is C10H16BrNO3S2. The van der Waals surface area contributed by atoms with Crippen LogP contribution in [0.3, 0.4) is 0 Å². The summed E-state index contributed by atoms with van der Waals surface area (Å²) >= 11 is 4.69. The zero-order valence-corrected chi connectivity index (χ0v) is 13.0. The zero-order chi connectivity index (χ0) is 12.9. The van der Waals surface area contributed by atoms with E-state index in [2.05, 4.69) is 20.7 Å². The van der Waals surface area contributed by atoms with E-state index >= 15 is 0 Å². The number of alkyl halides is 1. The van der Waals surface area contributed by atoms with Gasteiger partial charge in [-0.2, -0.15) is 0 Å². The molecule has 0 amide bonds. The third-order valence-electron chi connectivity index (χ3n) is 2.08. The van der Waals surface area contributed by atoms with Gasteiger partial charge in [-0.1, -0.05) is 15.9 Å². The first-order valence-electron chi connectivity index (χ1n) is 5.15. The van der Waals surface area contributed by atoms with Crippen LogP contribution in [0, 0.1) is 6.92 Å². The number of aryl methyl sites for hydroxylation is 1. The van der Waals surface area contributed by atoms with Crippen molar-refractivity contribution in [3.63, 3.8) is 0 Å². The molecule has 0 bridgehead atoms. The van der Waals surface area contributed by atoms with E-state index < -0.39 is 10.0 Å². The van der Waals surface area contributed by atoms with E-state index in [4.69, 9.17) is 4.74 Å². The highest BCUT2D eigenvalue weighted by Gasteiger charge is 2.16. The number of halogens is 1. The zero-order valence-electron chi connectivity index (χ0n) is 9.77. The molecular weight excluding hydrogens is 326 g/mol. The van der Waals surface area contributed by atoms with E-state index in [0.717, 1.165) is 4.88 Å². The fourth-order valence-corrected chi connectivity index (χ4v) is 4.11. The molecule has 1 atom stereocenters. The quantitative estimate of drug-likeness (QED) is 0.773. The Labute approximate surface area is 115 Å². The van der Waals surface area contributed by atoms with Crippen LogP contribution in [-0.2, 0) is 14.8 Å². The Balaban J connectivity index is 2.46. The van der Waals surface area contributed by atoms with Gasteiger partial charge in [0.05, 0.1) is 6.61 Å². The number of rotatable bonds is 7. The van der Waals surface area contributed by atoms with E-state index in [1.165, 1.54) is 11.3 Å². The lowest BCUT2D eigenvalue weighted by Gasteiger charge is -2.09. The molecule has 1 N–H and O–H groups in total. The summed E-state index contributed by atoms with van der Waals surface area (Å²) in [5.41, 5.74) is 0. The molecule has 1 rings (SSSR count). The first kappa shape index (κ1) is 15.1. The summed E-state index contributed by atoms with van der Waals surface area (Å²) in [4.78, 5) is 1.16. The van der Waals surface area contributed by atoms with Crippen LogP contribution in [-0.4, -0.2) is 33.5 Å². The van der Waals surface area contributed by atoms with Crippen LogP contribution in [0.1, 0.15) is 11.3 Å². The second-order valence-electron chi connectivity index (χ2n) is 3.60. The van der Waals surface area contributed by atoms with Gasteiger partial charge in [-0.3, -0.25) is 0 Å². The van der Waals surface area contributed by atoms with Crippen LogP contribution >= 0.6 is 27.3 Å². The standard InChI is InChI=1S/C10H16BrNO3S2/c1-8-3-4-10(16-8)17(13,14)12-6-5-9(11)7-15-2/h3-4,9,12H,5-7H2,1-2H3. The molecule has 4 nitrogen and oxygen atoms in total. The highest BCUT2D eigenvalue weighted by Crippen LogP contribution is 2.20. The average Bonchev–Trinajstić information content (AvgIpc) is 2.65. The van der Waals surface area contributed by atoms with E-state index in [1.54, 1.807) is 19.2 Å². The predicted octanol–water partition coefficient (Wildman–Crippen LogP) is 2.13. The van der Waals surface area contributed by atoms with Gasteiger partial charge in [0.25, 0.3) is 0 Å². The molecule has 98 valence electrons. The summed E-state index contributed by atoms with van der Waals surface area (Å²) in [6.07, 6.45) is 0.692. The van der Waals surface area contributed by atoms with Gasteiger partial charge < -0.3 is 4.74 Å². The summed E-state index contributed by atoms with van der Waals surface area (Å²) in [6, 6.07) is 3.43. The van der Waals surface area contributed by atoms with Crippen molar-refractivity contribution >= 4 is 37.3 Å². The molecule has 0 spiro atoms. The Morgan fingerprint density at radius 2 is 2.24 bits per heavy atom. The van der Waals surface area contributed by atoms with Gasteiger partial charge in [0.2, 0.25) is 10.0 Å². The van der Waals surface area contributed by atoms with Crippen molar-refractivity contribution in [3.05, 3.63) is 17.0 Å². The van der Waals surface area contributed by atoms with E-state index in [1.807, 2.05) is 6.92 Å². The first-order valence-corrected chi connectivity index (χ1v) is 8.36. The highest BCUT2D eigenvalue weighted by atomic mass is 79.9. The SMILES string of the molecule is COCC(Br)CCNS(=O)(=O)c1ccc(C)s1. The maximum absolute atomic E-state index is 11.8. The summed E-state index contributed by atoms with van der Waals surface area (Å²) < 4.78 is 31.6. The number of methoxy groups -OCH3 is 1. The molecule has 0 saturated heterocycles. The normalized spacial score (nSPS) is 13.8. The van der Waals surface area contributed by atoms with Gasteiger partial charge in [-0.05, 0) is 25.5 Å². The molecule has 17 heavy (non-hydrogen) atoms. The summed E-state index contributed by atoms with van der Waals surface area (Å²) in [5.74, 6) is 0. The van der Waals surface area contributed by atoms with Crippen LogP contribution in [0.4, 0.5) is 0 Å². The maximum Gasteiger partial charge on any atom is 0.250 e. The minimum Gasteiger partial charge on any atom is -0.384 e. The summed E-state index contributed by atoms with van der Waals surface area (Å²) in [7, 11) is -1.73. The second-order valence-corrected chi connectivity index (χ2v) is 8.18. The van der Waals surface area contributed by atoms with Crippen LogP contribution in [0.25, 0.3) is 0 Å². The molecule has 1 unspecified atom stereocenters. The Kier molecular flexibility index (Phi) is 6.08. The monoisotopic (exact) mass is 341 g/mol. The lowest BCUT2D eigenvalue weighted by Crippen LogP contribution is -2.26. The largest absolute Gasteiger partial charge is 0.384 e. The van der Waals surface area contributed by atoms with Gasteiger partial charge in [0.15, 0.2) is 0 Å². The van der Waals surface area contributed by atoms with Gasteiger partial charge in [0, 0.05) is 23.4 Å². The van der Waals surface area contributed by atoms with Crippen molar-refractivity contribution in [1.29, 1.82) is 0 Å². The molecule has 1 heterocycles. The van der Waals surface area contributed by atoms with Crippen molar-refractivity contribution in [3.8, 4) is 0 Å². The molecule has 0 aromatic carbocycles. The third kappa shape index (κ3) is 5.05. The number of nitrogens with one attached hydrogen (secondary N) is 1. The van der Waals surface area contributed by atoms with Gasteiger partial charge in [0.1, 0.15) is 4.21 Å². The van der Waals surface area contributed by atoms with Gasteiger partial charge in [-0.15, -0.1) is 11.3 Å². The number of hydrogen-bond acceptors (Lipinski definition) is 4. The maximum atomic E-state index is 11.8. The lowest BCUT2D eigenvalue weighted by atomic mass is 10.3. The molecule has 7 heteroatoms. The fourth-order valence-electron chi connectivity index (χ4n) is 1.24. The Morgan fingerprint density at radius 1 is 1.53 bits per heavy atom. The number of ether oxygens (including phenoxy) is 1. The molecule has 0 radical (unpaired) electrons. The number of thiophene rings is 1. The fraction of sp³-hybridized carbons (Fsp3) is 0.600. The molecule has 0 fully saturated rings. The minimum absolute atomic E-state index is 0.167. The molecule has 0 saturated carbocycles. The summed E-state index contributed by atoms with van der Waals surface area (Å²) in [6.45, 7) is 2.86. The Hall–Kier alpha value is 0.0500. The van der Waals surface area contributed by atoms with Gasteiger partial charge in [-0.25, -0.2) is 13.1 Å². The Morgan fingerprint density at radius 3 is 2.76 bits per heavy atom. The lowest BCUT2D eigenvalue weighted by molar-refractivity contribution is 0.199. The van der Waals surface area contributed by atoms with Crippen LogP contribution in [0.15, 0.2) is 16.3 Å². The van der Waals surface area contributed by atoms with Crippen LogP contribution in [0.5, 0.6) is 0 Å². The number of sulfonamides is 1. The van der Waals surface area contributed by atoms with Crippen LogP contribution in [0.2, 0.25) is 0 Å². The average molecular weight is 342 g/mol. The molecule has 0 aliphatic rings. The van der Waals surface area contributed by atoms with E-state index in [0.29, 0.717) is 23.8 Å². The van der Waals surface area contributed by atoms with Crippen molar-refractivity contribution in [2.75, 3.05) is 20.3 Å². The van der Waals surface area contributed by atoms with Gasteiger partial charge >= 0.3 is 0 Å². The minimum atomic E-state index is -3.34. The predicted molar refractivity (Wildman–Crippen MR) is 73.5 cm³/mol. The topological polar surface area (TPSA) is 55.4 Å². The van der Waals surface area contributed by atoms with Crippen molar-refractivity contribution in [2.24, 2.45) is 0 Å². The first-order chi connectivity index (χ1) is 7.95. The second kappa shape index (κ2) is 6.84. The summed E-state index contributed by atoms with van der Waals surface area (Å²) in [5, 5.41) is 0.